The van der Waals surface area contributed by atoms with Gasteiger partial charge in [0.25, 0.3) is 0 Å². The fourth-order valence-electron chi connectivity index (χ4n) is 2.85. The van der Waals surface area contributed by atoms with Crippen molar-refractivity contribution in [3.63, 3.8) is 0 Å². The average molecular weight is 391 g/mol. The van der Waals surface area contributed by atoms with Crippen LogP contribution in [0.5, 0.6) is 0 Å². The van der Waals surface area contributed by atoms with E-state index in [0.29, 0.717) is 12.4 Å². The molecule has 1 N–H and O–H groups in total. The molecule has 28 heavy (non-hydrogen) atoms. The fraction of sp³-hybridized carbons (Fsp3) is 0.316. The van der Waals surface area contributed by atoms with Crippen molar-refractivity contribution in [2.75, 3.05) is 5.32 Å². The van der Waals surface area contributed by atoms with Gasteiger partial charge in [0, 0.05) is 17.5 Å². The van der Waals surface area contributed by atoms with E-state index in [9.17, 15) is 18.0 Å². The van der Waals surface area contributed by atoms with E-state index in [1.807, 2.05) is 37.3 Å². The van der Waals surface area contributed by atoms with Crippen LogP contribution in [0.25, 0.3) is 0 Å². The summed E-state index contributed by atoms with van der Waals surface area (Å²) in [4.78, 5) is 12.5. The van der Waals surface area contributed by atoms with Gasteiger partial charge in [0.15, 0.2) is 11.5 Å². The summed E-state index contributed by atoms with van der Waals surface area (Å²) in [7, 11) is 0. The molecule has 148 valence electrons. The molecule has 0 aliphatic rings. The zero-order chi connectivity index (χ0) is 20.5. The van der Waals surface area contributed by atoms with E-state index in [1.165, 1.54) is 13.8 Å². The first-order chi connectivity index (χ1) is 13.1. The third-order valence-corrected chi connectivity index (χ3v) is 4.37. The lowest BCUT2D eigenvalue weighted by Crippen LogP contribution is -2.26. The average Bonchev–Trinajstić information content (AvgIpc) is 3.18. The van der Waals surface area contributed by atoms with Gasteiger partial charge in [0.1, 0.15) is 6.04 Å². The molecular weight excluding hydrogens is 371 g/mol. The van der Waals surface area contributed by atoms with Crippen LogP contribution in [0, 0.1) is 13.8 Å². The predicted molar refractivity (Wildman–Crippen MR) is 97.8 cm³/mol. The molecular formula is C19H20F3N5O. The van der Waals surface area contributed by atoms with Gasteiger partial charge in [0.05, 0.1) is 6.54 Å². The number of rotatable bonds is 5. The summed E-state index contributed by atoms with van der Waals surface area (Å²) in [5.41, 5.74) is 1.14. The van der Waals surface area contributed by atoms with Crippen LogP contribution in [0.3, 0.4) is 0 Å². The molecule has 9 heteroatoms. The Morgan fingerprint density at radius 1 is 1.11 bits per heavy atom. The number of amides is 1. The Hall–Kier alpha value is -3.10. The number of hydrogen-bond donors (Lipinski definition) is 1. The quantitative estimate of drug-likeness (QED) is 0.716. The number of carbonyl (C=O) groups is 1. The lowest BCUT2D eigenvalue weighted by Gasteiger charge is -2.13. The van der Waals surface area contributed by atoms with E-state index in [1.54, 1.807) is 10.7 Å². The zero-order valence-electron chi connectivity index (χ0n) is 15.7. The number of halogens is 3. The predicted octanol–water partition coefficient (Wildman–Crippen LogP) is 3.96. The van der Waals surface area contributed by atoms with Crippen molar-refractivity contribution >= 4 is 11.7 Å². The van der Waals surface area contributed by atoms with Crippen molar-refractivity contribution in [2.24, 2.45) is 0 Å². The van der Waals surface area contributed by atoms with E-state index < -0.39 is 23.8 Å². The Morgan fingerprint density at radius 3 is 2.39 bits per heavy atom. The van der Waals surface area contributed by atoms with Crippen LogP contribution in [0.1, 0.15) is 35.6 Å². The van der Waals surface area contributed by atoms with E-state index in [-0.39, 0.29) is 5.69 Å². The van der Waals surface area contributed by atoms with Crippen molar-refractivity contribution < 1.29 is 18.0 Å². The van der Waals surface area contributed by atoms with E-state index in [0.717, 1.165) is 22.0 Å². The highest BCUT2D eigenvalue weighted by Crippen LogP contribution is 2.29. The molecule has 1 amide bonds. The first-order valence-corrected chi connectivity index (χ1v) is 8.67. The minimum atomic E-state index is -4.56. The Morgan fingerprint density at radius 2 is 1.79 bits per heavy atom. The van der Waals surface area contributed by atoms with Crippen LogP contribution in [-0.2, 0) is 17.5 Å². The van der Waals surface area contributed by atoms with Crippen molar-refractivity contribution in [1.29, 1.82) is 0 Å². The zero-order valence-corrected chi connectivity index (χ0v) is 15.7. The molecule has 0 radical (unpaired) electrons. The molecule has 0 fully saturated rings. The van der Waals surface area contributed by atoms with Crippen LogP contribution in [-0.4, -0.2) is 25.5 Å². The summed E-state index contributed by atoms with van der Waals surface area (Å²) in [6.07, 6.45) is -4.56. The number of carbonyl (C=O) groups excluding carboxylic acids is 1. The Labute approximate surface area is 160 Å². The molecule has 0 saturated heterocycles. The van der Waals surface area contributed by atoms with E-state index in [4.69, 9.17) is 0 Å². The van der Waals surface area contributed by atoms with Gasteiger partial charge >= 0.3 is 6.18 Å². The summed E-state index contributed by atoms with van der Waals surface area (Å²) in [5.74, 6) is -0.157. The standard InChI is InChI=1S/C19H20F3N5O/c1-12-10-17(25-26(12)11-15-7-5-4-6-8-15)23-18(28)14(3)27-13(2)9-16(24-27)19(20,21)22/h4-10,14H,11H2,1-3H3,(H,23,25,28). The highest BCUT2D eigenvalue weighted by molar-refractivity contribution is 5.92. The van der Waals surface area contributed by atoms with Crippen LogP contribution in [0.4, 0.5) is 19.0 Å². The first kappa shape index (κ1) is 19.7. The van der Waals surface area contributed by atoms with Crippen molar-refractivity contribution in [2.45, 2.75) is 39.5 Å². The number of hydrogen-bond acceptors (Lipinski definition) is 3. The second kappa shape index (κ2) is 7.49. The van der Waals surface area contributed by atoms with Gasteiger partial charge in [-0.1, -0.05) is 30.3 Å². The number of nitrogens with zero attached hydrogens (tertiary/aromatic N) is 4. The van der Waals surface area contributed by atoms with Crippen LogP contribution in [0.15, 0.2) is 42.5 Å². The Kier molecular flexibility index (Phi) is 5.26. The molecule has 1 unspecified atom stereocenters. The lowest BCUT2D eigenvalue weighted by atomic mass is 10.2. The smallest absolute Gasteiger partial charge is 0.307 e. The van der Waals surface area contributed by atoms with Gasteiger partial charge in [-0.2, -0.15) is 23.4 Å². The number of nitrogens with one attached hydrogen (secondary N) is 1. The molecule has 3 rings (SSSR count). The minimum absolute atomic E-state index is 0.251. The number of anilines is 1. The van der Waals surface area contributed by atoms with Crippen molar-refractivity contribution in [1.82, 2.24) is 19.6 Å². The van der Waals surface area contributed by atoms with Gasteiger partial charge < -0.3 is 5.32 Å². The molecule has 3 aromatic rings. The van der Waals surface area contributed by atoms with Gasteiger partial charge in [-0.25, -0.2) is 0 Å². The van der Waals surface area contributed by atoms with Crippen molar-refractivity contribution in [3.05, 3.63) is 65.1 Å². The summed E-state index contributed by atoms with van der Waals surface area (Å²) in [5, 5.41) is 10.5. The Bertz CT molecular complexity index is 975. The molecule has 1 aromatic carbocycles. The number of aromatic nitrogens is 4. The second-order valence-corrected chi connectivity index (χ2v) is 6.59. The van der Waals surface area contributed by atoms with Gasteiger partial charge in [0.2, 0.25) is 5.91 Å². The number of aryl methyl sites for hydroxylation is 2. The van der Waals surface area contributed by atoms with E-state index in [2.05, 4.69) is 15.5 Å². The largest absolute Gasteiger partial charge is 0.435 e. The molecule has 0 saturated carbocycles. The molecule has 0 spiro atoms. The maximum Gasteiger partial charge on any atom is 0.435 e. The second-order valence-electron chi connectivity index (χ2n) is 6.59. The first-order valence-electron chi connectivity index (χ1n) is 8.67. The molecule has 0 bridgehead atoms. The molecule has 0 aliphatic heterocycles. The summed E-state index contributed by atoms with van der Waals surface area (Å²) in [6, 6.07) is 11.4. The van der Waals surface area contributed by atoms with Crippen LogP contribution in [0.2, 0.25) is 0 Å². The lowest BCUT2D eigenvalue weighted by molar-refractivity contribution is -0.141. The minimum Gasteiger partial charge on any atom is -0.307 e. The topological polar surface area (TPSA) is 64.7 Å². The molecule has 2 heterocycles. The van der Waals surface area contributed by atoms with Gasteiger partial charge in [-0.3, -0.25) is 14.2 Å². The maximum absolute atomic E-state index is 12.8. The van der Waals surface area contributed by atoms with Crippen LogP contribution >= 0.6 is 0 Å². The highest BCUT2D eigenvalue weighted by Gasteiger charge is 2.35. The molecule has 2 aromatic heterocycles. The molecule has 0 aliphatic carbocycles. The summed E-state index contributed by atoms with van der Waals surface area (Å²) in [6.45, 7) is 5.38. The fourth-order valence-corrected chi connectivity index (χ4v) is 2.85. The number of benzene rings is 1. The number of alkyl halides is 3. The van der Waals surface area contributed by atoms with Gasteiger partial charge in [-0.05, 0) is 32.4 Å². The summed E-state index contributed by atoms with van der Waals surface area (Å²) >= 11 is 0. The molecule has 6 nitrogen and oxygen atoms in total. The van der Waals surface area contributed by atoms with E-state index >= 15 is 0 Å². The Balaban J connectivity index is 1.73. The normalized spacial score (nSPS) is 12.8. The van der Waals surface area contributed by atoms with Gasteiger partial charge in [-0.15, -0.1) is 0 Å². The highest BCUT2D eigenvalue weighted by atomic mass is 19.4. The molecule has 1 atom stereocenters. The summed E-state index contributed by atoms with van der Waals surface area (Å²) < 4.78 is 41.3. The maximum atomic E-state index is 12.8. The SMILES string of the molecule is Cc1cc(NC(=O)C(C)n2nc(C(F)(F)F)cc2C)nn1Cc1ccccc1. The monoisotopic (exact) mass is 391 g/mol. The van der Waals surface area contributed by atoms with Crippen molar-refractivity contribution in [3.8, 4) is 0 Å². The third kappa shape index (κ3) is 4.24. The third-order valence-electron chi connectivity index (χ3n) is 4.37. The van der Waals surface area contributed by atoms with Crippen LogP contribution < -0.4 is 5.32 Å².